The number of piperazine rings is 1. The number of methoxy groups -OCH3 is 1. The summed E-state index contributed by atoms with van der Waals surface area (Å²) in [6.45, 7) is 8.96. The molecule has 0 bridgehead atoms. The molecule has 1 aliphatic rings. The van der Waals surface area contributed by atoms with E-state index in [1.807, 2.05) is 24.3 Å². The average Bonchev–Trinajstić information content (AvgIpc) is 2.61. The second-order valence-corrected chi connectivity index (χ2v) is 8.08. The van der Waals surface area contributed by atoms with Crippen LogP contribution in [0.4, 0.5) is 0 Å². The van der Waals surface area contributed by atoms with Gasteiger partial charge < -0.3 is 15.0 Å². The van der Waals surface area contributed by atoms with Crippen LogP contribution in [0.2, 0.25) is 0 Å². The zero-order chi connectivity index (χ0) is 20.0. The number of benzene rings is 1. The lowest BCUT2D eigenvalue weighted by atomic mass is 9.95. The number of amides is 2. The molecule has 0 spiro atoms. The molecule has 5 nitrogen and oxygen atoms in total. The van der Waals surface area contributed by atoms with Crippen molar-refractivity contribution in [2.24, 2.45) is 11.8 Å². The van der Waals surface area contributed by atoms with E-state index in [0.29, 0.717) is 24.8 Å². The maximum absolute atomic E-state index is 12.9. The first kappa shape index (κ1) is 21.0. The highest BCUT2D eigenvalue weighted by molar-refractivity contribution is 5.96. The van der Waals surface area contributed by atoms with Gasteiger partial charge in [-0.1, -0.05) is 39.8 Å². The van der Waals surface area contributed by atoms with Crippen molar-refractivity contribution in [3.05, 3.63) is 35.9 Å². The lowest BCUT2D eigenvalue weighted by Crippen LogP contribution is -2.61. The molecule has 2 rings (SSSR count). The monoisotopic (exact) mass is 372 g/mol. The summed E-state index contributed by atoms with van der Waals surface area (Å²) >= 11 is 0. The fraction of sp³-hybridized carbons (Fsp3) is 0.545. The molecule has 2 atom stereocenters. The first-order valence-electron chi connectivity index (χ1n) is 9.73. The normalized spacial score (nSPS) is 20.4. The number of hydrogen-bond acceptors (Lipinski definition) is 3. The summed E-state index contributed by atoms with van der Waals surface area (Å²) in [6.07, 6.45) is 4.90. The topological polar surface area (TPSA) is 58.6 Å². The molecule has 0 aliphatic carbocycles. The van der Waals surface area contributed by atoms with E-state index in [1.54, 1.807) is 24.2 Å². The van der Waals surface area contributed by atoms with E-state index in [2.05, 4.69) is 33.0 Å². The van der Waals surface area contributed by atoms with Gasteiger partial charge in [0, 0.05) is 18.7 Å². The smallest absolute Gasteiger partial charge is 0.247 e. The fourth-order valence-corrected chi connectivity index (χ4v) is 3.45. The third kappa shape index (κ3) is 6.12. The van der Waals surface area contributed by atoms with E-state index >= 15 is 0 Å². The van der Waals surface area contributed by atoms with Gasteiger partial charge in [0.2, 0.25) is 11.8 Å². The molecule has 1 saturated heterocycles. The average molecular weight is 373 g/mol. The van der Waals surface area contributed by atoms with E-state index < -0.39 is 6.04 Å². The van der Waals surface area contributed by atoms with Crippen LogP contribution in [0.15, 0.2) is 30.3 Å². The molecule has 0 radical (unpaired) electrons. The number of nitrogens with one attached hydrogen (secondary N) is 1. The van der Waals surface area contributed by atoms with E-state index in [-0.39, 0.29) is 17.9 Å². The summed E-state index contributed by atoms with van der Waals surface area (Å²) in [6, 6.07) is 7.13. The maximum atomic E-state index is 12.9. The minimum absolute atomic E-state index is 0.0132. The van der Waals surface area contributed by atoms with E-state index in [1.165, 1.54) is 0 Å². The van der Waals surface area contributed by atoms with Gasteiger partial charge in [-0.05, 0) is 48.4 Å². The van der Waals surface area contributed by atoms with Gasteiger partial charge in [0.15, 0.2) is 0 Å². The Kier molecular flexibility index (Phi) is 7.45. The molecule has 1 aromatic carbocycles. The largest absolute Gasteiger partial charge is 0.497 e. The molecule has 1 heterocycles. The summed E-state index contributed by atoms with van der Waals surface area (Å²) in [5.41, 5.74) is 0.921. The van der Waals surface area contributed by atoms with Crippen LogP contribution in [0, 0.1) is 11.8 Å². The SMILES string of the molecule is COc1ccc(C=CC(=O)N2CC(CC(C)C)NC(=O)C2CC(C)C)cc1. The molecular formula is C22H32N2O3. The summed E-state index contributed by atoms with van der Waals surface area (Å²) in [7, 11) is 1.62. The number of carbonyl (C=O) groups is 2. The van der Waals surface area contributed by atoms with Crippen molar-refractivity contribution in [2.45, 2.75) is 52.6 Å². The molecule has 2 unspecified atom stereocenters. The molecule has 148 valence electrons. The summed E-state index contributed by atoms with van der Waals surface area (Å²) in [5.74, 6) is 1.43. The van der Waals surface area contributed by atoms with Crippen molar-refractivity contribution in [1.82, 2.24) is 10.2 Å². The number of carbonyl (C=O) groups excluding carboxylic acids is 2. The van der Waals surface area contributed by atoms with Gasteiger partial charge in [-0.15, -0.1) is 0 Å². The highest BCUT2D eigenvalue weighted by atomic mass is 16.5. The van der Waals surface area contributed by atoms with Crippen LogP contribution < -0.4 is 10.1 Å². The van der Waals surface area contributed by atoms with E-state index in [9.17, 15) is 9.59 Å². The predicted molar refractivity (Wildman–Crippen MR) is 108 cm³/mol. The summed E-state index contributed by atoms with van der Waals surface area (Å²) in [5, 5.41) is 3.10. The van der Waals surface area contributed by atoms with Crippen LogP contribution in [0.5, 0.6) is 5.75 Å². The van der Waals surface area contributed by atoms with Crippen LogP contribution in [-0.2, 0) is 9.59 Å². The van der Waals surface area contributed by atoms with Gasteiger partial charge in [0.25, 0.3) is 0 Å². The standard InChI is InChI=1S/C22H32N2O3/c1-15(2)12-18-14-24(20(13-16(3)4)22(26)23-18)21(25)11-8-17-6-9-19(27-5)10-7-17/h6-11,15-16,18,20H,12-14H2,1-5H3,(H,23,26). The van der Waals surface area contributed by atoms with Crippen LogP contribution in [0.25, 0.3) is 6.08 Å². The predicted octanol–water partition coefficient (Wildman–Crippen LogP) is 3.50. The molecule has 2 amide bonds. The molecular weight excluding hydrogens is 340 g/mol. The summed E-state index contributed by atoms with van der Waals surface area (Å²) < 4.78 is 5.15. The van der Waals surface area contributed by atoms with Crippen molar-refractivity contribution >= 4 is 17.9 Å². The Morgan fingerprint density at radius 3 is 2.37 bits per heavy atom. The Morgan fingerprint density at radius 1 is 1.19 bits per heavy atom. The van der Waals surface area contributed by atoms with Crippen molar-refractivity contribution < 1.29 is 14.3 Å². The first-order valence-corrected chi connectivity index (χ1v) is 9.73. The van der Waals surface area contributed by atoms with Gasteiger partial charge >= 0.3 is 0 Å². The quantitative estimate of drug-likeness (QED) is 0.745. The molecule has 1 aromatic rings. The number of nitrogens with zero attached hydrogens (tertiary/aromatic N) is 1. The van der Waals surface area contributed by atoms with Crippen molar-refractivity contribution in [3.8, 4) is 5.75 Å². The van der Waals surface area contributed by atoms with Crippen LogP contribution >= 0.6 is 0 Å². The van der Waals surface area contributed by atoms with Crippen LogP contribution in [0.3, 0.4) is 0 Å². The number of ether oxygens (including phenoxy) is 1. The number of hydrogen-bond donors (Lipinski definition) is 1. The van der Waals surface area contributed by atoms with Crippen LogP contribution in [-0.4, -0.2) is 42.5 Å². The van der Waals surface area contributed by atoms with E-state index in [4.69, 9.17) is 4.74 Å². The van der Waals surface area contributed by atoms with Crippen molar-refractivity contribution in [3.63, 3.8) is 0 Å². The highest BCUT2D eigenvalue weighted by Crippen LogP contribution is 2.20. The Bertz CT molecular complexity index is 665. The van der Waals surface area contributed by atoms with Gasteiger partial charge in [0.1, 0.15) is 11.8 Å². The molecule has 1 N–H and O–H groups in total. The molecule has 0 aromatic heterocycles. The number of rotatable bonds is 7. The van der Waals surface area contributed by atoms with Gasteiger partial charge in [-0.2, -0.15) is 0 Å². The van der Waals surface area contributed by atoms with Crippen molar-refractivity contribution in [1.29, 1.82) is 0 Å². The molecule has 5 heteroatoms. The van der Waals surface area contributed by atoms with E-state index in [0.717, 1.165) is 17.7 Å². The van der Waals surface area contributed by atoms with Gasteiger partial charge in [-0.25, -0.2) is 0 Å². The molecule has 1 aliphatic heterocycles. The minimum Gasteiger partial charge on any atom is -0.497 e. The Morgan fingerprint density at radius 2 is 1.81 bits per heavy atom. The third-order valence-electron chi connectivity index (χ3n) is 4.71. The van der Waals surface area contributed by atoms with Crippen LogP contribution in [0.1, 0.15) is 46.1 Å². The Hall–Kier alpha value is -2.30. The lowest BCUT2D eigenvalue weighted by molar-refractivity contribution is -0.142. The fourth-order valence-electron chi connectivity index (χ4n) is 3.45. The van der Waals surface area contributed by atoms with Gasteiger partial charge in [0.05, 0.1) is 7.11 Å². The van der Waals surface area contributed by atoms with Gasteiger partial charge in [-0.3, -0.25) is 9.59 Å². The maximum Gasteiger partial charge on any atom is 0.247 e. The molecule has 0 saturated carbocycles. The summed E-state index contributed by atoms with van der Waals surface area (Å²) in [4.78, 5) is 27.3. The third-order valence-corrected chi connectivity index (χ3v) is 4.71. The second-order valence-electron chi connectivity index (χ2n) is 8.08. The Balaban J connectivity index is 2.15. The molecule has 1 fully saturated rings. The second kappa shape index (κ2) is 9.58. The van der Waals surface area contributed by atoms with Crippen molar-refractivity contribution in [2.75, 3.05) is 13.7 Å². The zero-order valence-corrected chi connectivity index (χ0v) is 17.1. The zero-order valence-electron chi connectivity index (χ0n) is 17.1. The highest BCUT2D eigenvalue weighted by Gasteiger charge is 2.36. The molecule has 27 heavy (non-hydrogen) atoms. The Labute approximate surface area is 162 Å². The first-order chi connectivity index (χ1) is 12.8. The minimum atomic E-state index is -0.401. The lowest BCUT2D eigenvalue weighted by Gasteiger charge is -2.40.